The Kier molecular flexibility index (Phi) is 2.93. The fourth-order valence-electron chi connectivity index (χ4n) is 2.34. The molecule has 1 saturated carbocycles. The van der Waals surface area contributed by atoms with Gasteiger partial charge in [0.2, 0.25) is 0 Å². The molecule has 1 aromatic rings. The molecule has 2 N–H and O–H groups in total. The molecule has 0 radical (unpaired) electrons. The molecule has 1 fully saturated rings. The van der Waals surface area contributed by atoms with E-state index >= 15 is 0 Å². The van der Waals surface area contributed by atoms with Crippen molar-refractivity contribution in [3.05, 3.63) is 35.4 Å². The molecule has 0 aliphatic heterocycles. The summed E-state index contributed by atoms with van der Waals surface area (Å²) < 4.78 is 40.5. The SMILES string of the molecule is NC1CCCC(F)(c2cc(F)cc(F)c2)C1. The van der Waals surface area contributed by atoms with Crippen molar-refractivity contribution >= 4 is 0 Å². The summed E-state index contributed by atoms with van der Waals surface area (Å²) in [7, 11) is 0. The van der Waals surface area contributed by atoms with Crippen molar-refractivity contribution in [2.45, 2.75) is 37.4 Å². The number of alkyl halides is 1. The fraction of sp³-hybridized carbons (Fsp3) is 0.500. The van der Waals surface area contributed by atoms with E-state index in [1.54, 1.807) is 0 Å². The quantitative estimate of drug-likeness (QED) is 0.787. The van der Waals surface area contributed by atoms with Crippen LogP contribution in [0.5, 0.6) is 0 Å². The van der Waals surface area contributed by atoms with Gasteiger partial charge in [0.15, 0.2) is 0 Å². The van der Waals surface area contributed by atoms with Crippen LogP contribution in [-0.2, 0) is 5.67 Å². The molecule has 16 heavy (non-hydrogen) atoms. The minimum Gasteiger partial charge on any atom is -0.328 e. The highest BCUT2D eigenvalue weighted by molar-refractivity contribution is 5.25. The van der Waals surface area contributed by atoms with E-state index in [4.69, 9.17) is 5.73 Å². The van der Waals surface area contributed by atoms with Crippen molar-refractivity contribution in [1.29, 1.82) is 0 Å². The first-order chi connectivity index (χ1) is 7.49. The van der Waals surface area contributed by atoms with Crippen LogP contribution in [0.4, 0.5) is 13.2 Å². The van der Waals surface area contributed by atoms with Crippen molar-refractivity contribution in [3.63, 3.8) is 0 Å². The molecule has 1 aliphatic rings. The molecule has 0 amide bonds. The van der Waals surface area contributed by atoms with Crippen molar-refractivity contribution in [1.82, 2.24) is 0 Å². The van der Waals surface area contributed by atoms with Crippen molar-refractivity contribution in [2.75, 3.05) is 0 Å². The number of rotatable bonds is 1. The van der Waals surface area contributed by atoms with Gasteiger partial charge in [0.1, 0.15) is 17.3 Å². The van der Waals surface area contributed by atoms with Gasteiger partial charge in [0.25, 0.3) is 0 Å². The van der Waals surface area contributed by atoms with Crippen molar-refractivity contribution in [2.24, 2.45) is 5.73 Å². The smallest absolute Gasteiger partial charge is 0.137 e. The second-order valence-electron chi connectivity index (χ2n) is 4.48. The Labute approximate surface area is 92.5 Å². The highest BCUT2D eigenvalue weighted by Crippen LogP contribution is 2.40. The Morgan fingerprint density at radius 2 is 1.81 bits per heavy atom. The Morgan fingerprint density at radius 3 is 2.38 bits per heavy atom. The molecule has 1 aromatic carbocycles. The molecule has 88 valence electrons. The maximum Gasteiger partial charge on any atom is 0.137 e. The zero-order valence-corrected chi connectivity index (χ0v) is 8.85. The van der Waals surface area contributed by atoms with Crippen LogP contribution in [-0.4, -0.2) is 6.04 Å². The van der Waals surface area contributed by atoms with E-state index in [-0.39, 0.29) is 24.4 Å². The predicted molar refractivity (Wildman–Crippen MR) is 55.6 cm³/mol. The molecule has 0 saturated heterocycles. The third-order valence-electron chi connectivity index (χ3n) is 3.11. The van der Waals surface area contributed by atoms with Gasteiger partial charge in [-0.05, 0) is 37.0 Å². The summed E-state index contributed by atoms with van der Waals surface area (Å²) in [5.41, 5.74) is 4.09. The van der Waals surface area contributed by atoms with E-state index in [1.807, 2.05) is 0 Å². The zero-order chi connectivity index (χ0) is 11.8. The maximum atomic E-state index is 14.5. The van der Waals surface area contributed by atoms with Gasteiger partial charge in [-0.1, -0.05) is 0 Å². The topological polar surface area (TPSA) is 26.0 Å². The second kappa shape index (κ2) is 4.09. The normalized spacial score (nSPS) is 30.4. The Hall–Kier alpha value is -1.03. The molecule has 2 unspecified atom stereocenters. The van der Waals surface area contributed by atoms with E-state index in [0.29, 0.717) is 6.42 Å². The summed E-state index contributed by atoms with van der Waals surface area (Å²) >= 11 is 0. The Balaban J connectivity index is 2.34. The van der Waals surface area contributed by atoms with E-state index in [0.717, 1.165) is 24.6 Å². The molecule has 2 atom stereocenters. The lowest BCUT2D eigenvalue weighted by atomic mass is 9.79. The van der Waals surface area contributed by atoms with Crippen LogP contribution in [0.25, 0.3) is 0 Å². The van der Waals surface area contributed by atoms with Crippen LogP contribution >= 0.6 is 0 Å². The van der Waals surface area contributed by atoms with Gasteiger partial charge in [0.05, 0.1) is 0 Å². The molecule has 0 spiro atoms. The van der Waals surface area contributed by atoms with E-state index in [1.165, 1.54) is 0 Å². The van der Waals surface area contributed by atoms with Gasteiger partial charge in [-0.15, -0.1) is 0 Å². The summed E-state index contributed by atoms with van der Waals surface area (Å²) in [5, 5.41) is 0. The summed E-state index contributed by atoms with van der Waals surface area (Å²) in [6.45, 7) is 0. The van der Waals surface area contributed by atoms with Crippen LogP contribution < -0.4 is 5.73 Å². The van der Waals surface area contributed by atoms with E-state index in [2.05, 4.69) is 0 Å². The zero-order valence-electron chi connectivity index (χ0n) is 8.85. The van der Waals surface area contributed by atoms with Crippen LogP contribution in [0.2, 0.25) is 0 Å². The molecule has 1 nitrogen and oxygen atoms in total. The van der Waals surface area contributed by atoms with Crippen LogP contribution in [0, 0.1) is 11.6 Å². The number of hydrogen-bond donors (Lipinski definition) is 1. The molecular weight excluding hydrogens is 215 g/mol. The molecule has 4 heteroatoms. The van der Waals surface area contributed by atoms with Crippen LogP contribution in [0.15, 0.2) is 18.2 Å². The van der Waals surface area contributed by atoms with Gasteiger partial charge < -0.3 is 5.73 Å². The monoisotopic (exact) mass is 229 g/mol. The summed E-state index contributed by atoms with van der Waals surface area (Å²) in [6.07, 6.45) is 1.83. The Morgan fingerprint density at radius 1 is 1.19 bits per heavy atom. The molecule has 0 heterocycles. The largest absolute Gasteiger partial charge is 0.328 e. The minimum absolute atomic E-state index is 0.0696. The first-order valence-corrected chi connectivity index (χ1v) is 5.41. The third-order valence-corrected chi connectivity index (χ3v) is 3.11. The lowest BCUT2D eigenvalue weighted by Crippen LogP contribution is -2.36. The van der Waals surface area contributed by atoms with E-state index in [9.17, 15) is 13.2 Å². The predicted octanol–water partition coefficient (Wildman–Crippen LogP) is 3.03. The van der Waals surface area contributed by atoms with Crippen molar-refractivity contribution in [3.8, 4) is 0 Å². The average molecular weight is 229 g/mol. The highest BCUT2D eigenvalue weighted by Gasteiger charge is 2.37. The highest BCUT2D eigenvalue weighted by atomic mass is 19.1. The van der Waals surface area contributed by atoms with Gasteiger partial charge in [-0.3, -0.25) is 0 Å². The van der Waals surface area contributed by atoms with Crippen LogP contribution in [0.1, 0.15) is 31.2 Å². The summed E-state index contributed by atoms with van der Waals surface area (Å²) in [6, 6.07) is 2.63. The van der Waals surface area contributed by atoms with Gasteiger partial charge in [-0.2, -0.15) is 0 Å². The second-order valence-corrected chi connectivity index (χ2v) is 4.48. The molecule has 2 rings (SSSR count). The Bertz CT molecular complexity index is 374. The van der Waals surface area contributed by atoms with Crippen molar-refractivity contribution < 1.29 is 13.2 Å². The van der Waals surface area contributed by atoms with Crippen LogP contribution in [0.3, 0.4) is 0 Å². The average Bonchev–Trinajstić information content (AvgIpc) is 2.15. The standard InChI is InChI=1S/C12H14F3N/c13-9-4-8(5-10(14)6-9)12(15)3-1-2-11(16)7-12/h4-6,11H,1-3,7,16H2. The summed E-state index contributed by atoms with van der Waals surface area (Å²) in [5.74, 6) is -1.49. The first-order valence-electron chi connectivity index (χ1n) is 5.41. The lowest BCUT2D eigenvalue weighted by Gasteiger charge is -2.33. The number of nitrogens with two attached hydrogens (primary N) is 1. The number of benzene rings is 1. The maximum absolute atomic E-state index is 14.5. The van der Waals surface area contributed by atoms with E-state index < -0.39 is 17.3 Å². The minimum atomic E-state index is -1.68. The number of hydrogen-bond acceptors (Lipinski definition) is 1. The molecular formula is C12H14F3N. The lowest BCUT2D eigenvalue weighted by molar-refractivity contribution is 0.0940. The van der Waals surface area contributed by atoms with Gasteiger partial charge in [0, 0.05) is 18.5 Å². The summed E-state index contributed by atoms with van der Waals surface area (Å²) in [4.78, 5) is 0. The number of halogens is 3. The van der Waals surface area contributed by atoms with Gasteiger partial charge in [-0.25, -0.2) is 13.2 Å². The van der Waals surface area contributed by atoms with Gasteiger partial charge >= 0.3 is 0 Å². The third kappa shape index (κ3) is 2.21. The molecule has 0 bridgehead atoms. The first kappa shape index (κ1) is 11.5. The molecule has 1 aliphatic carbocycles. The molecule has 0 aromatic heterocycles. The fourth-order valence-corrected chi connectivity index (χ4v) is 2.34.